The molecule has 2 heterocycles. The normalized spacial score (nSPS) is 17.3. The highest BCUT2D eigenvalue weighted by molar-refractivity contribution is 7.18. The van der Waals surface area contributed by atoms with Gasteiger partial charge >= 0.3 is 0 Å². The number of carbonyl (C=O) groups excluding carboxylic acids is 1. The fourth-order valence-electron chi connectivity index (χ4n) is 3.30. The zero-order chi connectivity index (χ0) is 17.9. The van der Waals surface area contributed by atoms with Crippen LogP contribution >= 0.6 is 11.3 Å². The van der Waals surface area contributed by atoms with Gasteiger partial charge in [-0.15, -0.1) is 11.3 Å². The van der Waals surface area contributed by atoms with Crippen molar-refractivity contribution in [2.24, 2.45) is 0 Å². The molecule has 0 saturated carbocycles. The van der Waals surface area contributed by atoms with Gasteiger partial charge in [0.15, 0.2) is 0 Å². The Bertz CT molecular complexity index is 913. The summed E-state index contributed by atoms with van der Waals surface area (Å²) in [6.07, 6.45) is 5.51. The number of ether oxygens (including phenoxy) is 1. The fraction of sp³-hybridized carbons (Fsp3) is 0.238. The van der Waals surface area contributed by atoms with Gasteiger partial charge in [0, 0.05) is 12.6 Å². The maximum Gasteiger partial charge on any atom is 0.247 e. The van der Waals surface area contributed by atoms with E-state index in [1.807, 2.05) is 53.4 Å². The molecule has 1 fully saturated rings. The summed E-state index contributed by atoms with van der Waals surface area (Å²) in [5, 5.41) is 1.04. The second-order valence-corrected chi connectivity index (χ2v) is 7.38. The largest absolute Gasteiger partial charge is 0.497 e. The van der Waals surface area contributed by atoms with Crippen molar-refractivity contribution < 1.29 is 9.53 Å². The fourth-order valence-corrected chi connectivity index (χ4v) is 4.41. The minimum Gasteiger partial charge on any atom is -0.497 e. The van der Waals surface area contributed by atoms with Crippen LogP contribution in [0.3, 0.4) is 0 Å². The number of para-hydroxylation sites is 1. The number of amides is 1. The van der Waals surface area contributed by atoms with Crippen LogP contribution in [0.25, 0.3) is 16.3 Å². The monoisotopic (exact) mass is 364 g/mol. The van der Waals surface area contributed by atoms with Crippen LogP contribution in [0.4, 0.5) is 0 Å². The minimum atomic E-state index is 0.0441. The van der Waals surface area contributed by atoms with Gasteiger partial charge in [-0.1, -0.05) is 24.3 Å². The molecule has 4 nitrogen and oxygen atoms in total. The molecule has 0 bridgehead atoms. The van der Waals surface area contributed by atoms with E-state index in [4.69, 9.17) is 9.72 Å². The highest BCUT2D eigenvalue weighted by Gasteiger charge is 2.31. The minimum absolute atomic E-state index is 0.0441. The molecule has 1 aliphatic rings. The number of likely N-dealkylation sites (tertiary alicyclic amines) is 1. The van der Waals surface area contributed by atoms with Gasteiger partial charge in [0.2, 0.25) is 5.91 Å². The van der Waals surface area contributed by atoms with E-state index in [-0.39, 0.29) is 11.9 Å². The van der Waals surface area contributed by atoms with Crippen LogP contribution in [-0.2, 0) is 4.79 Å². The molecular weight excluding hydrogens is 344 g/mol. The molecular formula is C21H20N2O2S. The number of benzene rings is 2. The summed E-state index contributed by atoms with van der Waals surface area (Å²) in [6.45, 7) is 0.784. The van der Waals surface area contributed by atoms with Crippen molar-refractivity contribution in [1.82, 2.24) is 9.88 Å². The van der Waals surface area contributed by atoms with E-state index in [9.17, 15) is 4.79 Å². The van der Waals surface area contributed by atoms with E-state index >= 15 is 0 Å². The first kappa shape index (κ1) is 16.8. The SMILES string of the molecule is COc1ccc(/C=C\C(=O)N2CCC[C@H]2c2nc3ccccc3s2)cc1. The number of hydrogen-bond donors (Lipinski definition) is 0. The van der Waals surface area contributed by atoms with E-state index in [2.05, 4.69) is 6.07 Å². The molecule has 132 valence electrons. The van der Waals surface area contributed by atoms with Gasteiger partial charge in [0.25, 0.3) is 0 Å². The van der Waals surface area contributed by atoms with E-state index in [1.165, 1.54) is 4.70 Å². The Morgan fingerprint density at radius 1 is 1.23 bits per heavy atom. The van der Waals surface area contributed by atoms with Crippen LogP contribution in [0.15, 0.2) is 54.6 Å². The summed E-state index contributed by atoms with van der Waals surface area (Å²) < 4.78 is 6.34. The second kappa shape index (κ2) is 7.30. The summed E-state index contributed by atoms with van der Waals surface area (Å²) in [5.41, 5.74) is 2.00. The van der Waals surface area contributed by atoms with E-state index in [0.29, 0.717) is 0 Å². The predicted octanol–water partition coefficient (Wildman–Crippen LogP) is 4.68. The number of fused-ring (bicyclic) bond motifs is 1. The van der Waals surface area contributed by atoms with E-state index in [1.54, 1.807) is 24.5 Å². The average molecular weight is 364 g/mol. The molecule has 1 aromatic heterocycles. The Hall–Kier alpha value is -2.66. The van der Waals surface area contributed by atoms with Crippen LogP contribution in [0, 0.1) is 0 Å². The molecule has 3 aromatic rings. The van der Waals surface area contributed by atoms with Gasteiger partial charge in [-0.25, -0.2) is 4.98 Å². The van der Waals surface area contributed by atoms with Crippen molar-refractivity contribution >= 4 is 33.5 Å². The van der Waals surface area contributed by atoms with E-state index in [0.717, 1.165) is 41.2 Å². The number of thiazole rings is 1. The van der Waals surface area contributed by atoms with Crippen LogP contribution in [0.1, 0.15) is 29.5 Å². The molecule has 4 rings (SSSR count). The maximum absolute atomic E-state index is 12.7. The molecule has 1 saturated heterocycles. The topological polar surface area (TPSA) is 42.4 Å². The van der Waals surface area contributed by atoms with Crippen LogP contribution in [0.2, 0.25) is 0 Å². The highest BCUT2D eigenvalue weighted by Crippen LogP contribution is 2.36. The van der Waals surface area contributed by atoms with Crippen molar-refractivity contribution in [3.63, 3.8) is 0 Å². The summed E-state index contributed by atoms with van der Waals surface area (Å²) >= 11 is 1.69. The van der Waals surface area contributed by atoms with Gasteiger partial charge in [0.05, 0.1) is 23.4 Å². The Balaban J connectivity index is 1.51. The lowest BCUT2D eigenvalue weighted by molar-refractivity contribution is -0.126. The van der Waals surface area contributed by atoms with Crippen molar-refractivity contribution in [3.8, 4) is 5.75 Å². The van der Waals surface area contributed by atoms with Crippen LogP contribution in [-0.4, -0.2) is 29.4 Å². The molecule has 0 spiro atoms. The molecule has 1 atom stereocenters. The second-order valence-electron chi connectivity index (χ2n) is 6.32. The van der Waals surface area contributed by atoms with E-state index < -0.39 is 0 Å². The number of rotatable bonds is 4. The number of methoxy groups -OCH3 is 1. The summed E-state index contributed by atoms with van der Waals surface area (Å²) in [6, 6.07) is 15.9. The van der Waals surface area contributed by atoms with Crippen molar-refractivity contribution in [1.29, 1.82) is 0 Å². The first-order valence-electron chi connectivity index (χ1n) is 8.73. The zero-order valence-electron chi connectivity index (χ0n) is 14.6. The Morgan fingerprint density at radius 3 is 2.81 bits per heavy atom. The molecule has 0 unspecified atom stereocenters. The third-order valence-corrected chi connectivity index (χ3v) is 5.80. The molecule has 2 aromatic carbocycles. The molecule has 0 N–H and O–H groups in total. The Labute approximate surface area is 156 Å². The lowest BCUT2D eigenvalue weighted by Gasteiger charge is -2.21. The predicted molar refractivity (Wildman–Crippen MR) is 105 cm³/mol. The smallest absolute Gasteiger partial charge is 0.247 e. The summed E-state index contributed by atoms with van der Waals surface area (Å²) in [4.78, 5) is 19.4. The van der Waals surface area contributed by atoms with Crippen molar-refractivity contribution in [2.45, 2.75) is 18.9 Å². The first-order valence-corrected chi connectivity index (χ1v) is 9.54. The molecule has 5 heteroatoms. The van der Waals surface area contributed by atoms with Crippen molar-refractivity contribution in [3.05, 3.63) is 65.2 Å². The zero-order valence-corrected chi connectivity index (χ0v) is 15.4. The summed E-state index contributed by atoms with van der Waals surface area (Å²) in [5.74, 6) is 0.853. The Kier molecular flexibility index (Phi) is 4.71. The molecule has 0 aliphatic carbocycles. The Morgan fingerprint density at radius 2 is 2.04 bits per heavy atom. The van der Waals surface area contributed by atoms with Gasteiger partial charge in [0.1, 0.15) is 10.8 Å². The standard InChI is InChI=1S/C21H20N2O2S/c1-25-16-11-8-15(9-12-16)10-13-20(24)23-14-4-6-18(23)21-22-17-5-2-3-7-19(17)26-21/h2-3,5,7-13,18H,4,6,14H2,1H3/b13-10-/t18-/m0/s1. The molecule has 0 radical (unpaired) electrons. The number of nitrogens with zero attached hydrogens (tertiary/aromatic N) is 2. The number of hydrogen-bond acceptors (Lipinski definition) is 4. The molecule has 26 heavy (non-hydrogen) atoms. The number of carbonyl (C=O) groups is 1. The third-order valence-electron chi connectivity index (χ3n) is 4.67. The van der Waals surface area contributed by atoms with Gasteiger partial charge < -0.3 is 9.64 Å². The quantitative estimate of drug-likeness (QED) is 0.631. The molecule has 1 aliphatic heterocycles. The molecule has 1 amide bonds. The lowest BCUT2D eigenvalue weighted by Crippen LogP contribution is -2.28. The van der Waals surface area contributed by atoms with Crippen molar-refractivity contribution in [2.75, 3.05) is 13.7 Å². The average Bonchev–Trinajstić information content (AvgIpc) is 3.32. The van der Waals surface area contributed by atoms with Gasteiger partial charge in [-0.05, 0) is 48.7 Å². The van der Waals surface area contributed by atoms with Crippen LogP contribution in [0.5, 0.6) is 5.75 Å². The van der Waals surface area contributed by atoms with Gasteiger partial charge in [-0.2, -0.15) is 0 Å². The van der Waals surface area contributed by atoms with Crippen LogP contribution < -0.4 is 4.74 Å². The number of aromatic nitrogens is 1. The third kappa shape index (κ3) is 3.35. The lowest BCUT2D eigenvalue weighted by atomic mass is 10.2. The highest BCUT2D eigenvalue weighted by atomic mass is 32.1. The first-order chi connectivity index (χ1) is 12.7. The maximum atomic E-state index is 12.7. The summed E-state index contributed by atoms with van der Waals surface area (Å²) in [7, 11) is 1.64. The van der Waals surface area contributed by atoms with Gasteiger partial charge in [-0.3, -0.25) is 4.79 Å².